The molecule has 18 aromatic rings. The van der Waals surface area contributed by atoms with Gasteiger partial charge in [0.15, 0.2) is 11.6 Å². The highest BCUT2D eigenvalue weighted by molar-refractivity contribution is 6.27. The van der Waals surface area contributed by atoms with Gasteiger partial charge in [0, 0.05) is 124 Å². The van der Waals surface area contributed by atoms with Crippen molar-refractivity contribution in [2.75, 3.05) is 20.4 Å². The number of benzene rings is 14. The molecule has 0 radical (unpaired) electrons. The minimum Gasteiger partial charge on any atom is -0.455 e. The largest absolute Gasteiger partial charge is 0.455 e. The number of hydrogen-bond donors (Lipinski definition) is 2. The van der Waals surface area contributed by atoms with Crippen molar-refractivity contribution >= 4 is 145 Å². The fourth-order valence-corrected chi connectivity index (χ4v) is 15.4. The Morgan fingerprint density at radius 1 is 0.306 bits per heavy atom. The summed E-state index contributed by atoms with van der Waals surface area (Å²) in [5, 5.41) is 38.2. The lowest BCUT2D eigenvalue weighted by atomic mass is 9.95. The molecule has 12 heteroatoms. The van der Waals surface area contributed by atoms with Crippen LogP contribution in [-0.4, -0.2) is 21.6 Å². The third kappa shape index (κ3) is 10.9. The smallest absolute Gasteiger partial charge is 0.154 e. The monoisotopic (exact) mass is 1380 g/mol. The van der Waals surface area contributed by atoms with Crippen LogP contribution in [0.2, 0.25) is 0 Å². The Kier molecular flexibility index (Phi) is 15.0. The molecule has 0 aliphatic carbocycles. The van der Waals surface area contributed by atoms with Gasteiger partial charge in [-0.3, -0.25) is 0 Å². The fraction of sp³-hybridized carbons (Fsp3) is 0. The van der Waals surface area contributed by atoms with Gasteiger partial charge in [-0.05, 0) is 165 Å². The Bertz CT molecular complexity index is 6400. The van der Waals surface area contributed by atoms with E-state index in [1.165, 1.54) is 10.8 Å². The molecule has 2 aliphatic heterocycles. The van der Waals surface area contributed by atoms with E-state index in [1.54, 1.807) is 0 Å². The second kappa shape index (κ2) is 25.9. The lowest BCUT2D eigenvalue weighted by molar-refractivity contribution is 0.669. The molecule has 0 amide bonds. The van der Waals surface area contributed by atoms with Crippen LogP contribution in [0.25, 0.3) is 121 Å². The van der Waals surface area contributed by atoms with Crippen molar-refractivity contribution in [2.24, 2.45) is 9.98 Å². The maximum absolute atomic E-state index is 11.1. The van der Waals surface area contributed by atoms with Crippen molar-refractivity contribution in [1.29, 1.82) is 10.5 Å². The van der Waals surface area contributed by atoms with Gasteiger partial charge in [-0.25, -0.2) is 20.0 Å². The van der Waals surface area contributed by atoms with E-state index in [0.717, 1.165) is 167 Å². The summed E-state index contributed by atoms with van der Waals surface area (Å²) in [6, 6.07) is 116. The van der Waals surface area contributed by atoms with Gasteiger partial charge in [-0.2, -0.15) is 10.5 Å². The molecule has 504 valence electrons. The molecule has 12 nitrogen and oxygen atoms in total. The number of anilines is 8. The quantitative estimate of drug-likeness (QED) is 0.0794. The number of nitrogens with zero attached hydrogens (tertiary/aromatic N) is 8. The van der Waals surface area contributed by atoms with Crippen LogP contribution >= 0.6 is 0 Å². The topological polar surface area (TPSA) is 155 Å². The molecule has 2 N–H and O–H groups in total. The molecule has 0 bridgehead atoms. The van der Waals surface area contributed by atoms with E-state index in [1.807, 2.05) is 109 Å². The van der Waals surface area contributed by atoms with Gasteiger partial charge in [0.1, 0.15) is 46.1 Å². The van der Waals surface area contributed by atoms with Crippen LogP contribution in [0.1, 0.15) is 22.3 Å². The number of fused-ring (bicyclic) bond motifs is 6. The van der Waals surface area contributed by atoms with E-state index in [2.05, 4.69) is 263 Å². The third-order valence-electron chi connectivity index (χ3n) is 20.7. The summed E-state index contributed by atoms with van der Waals surface area (Å²) in [5.74, 6) is 2.76. The lowest BCUT2D eigenvalue weighted by Crippen LogP contribution is -2.10. The number of rotatable bonds is 14. The zero-order chi connectivity index (χ0) is 71.8. The fourth-order valence-electron chi connectivity index (χ4n) is 15.4. The Balaban J connectivity index is 0.612. The van der Waals surface area contributed by atoms with E-state index < -0.39 is 0 Å². The van der Waals surface area contributed by atoms with Crippen molar-refractivity contribution in [2.45, 2.75) is 0 Å². The summed E-state index contributed by atoms with van der Waals surface area (Å²) in [5.41, 5.74) is 22.5. The maximum Gasteiger partial charge on any atom is 0.154 e. The van der Waals surface area contributed by atoms with E-state index in [0.29, 0.717) is 22.8 Å². The van der Waals surface area contributed by atoms with E-state index in [4.69, 9.17) is 28.8 Å². The Labute approximate surface area is 620 Å². The van der Waals surface area contributed by atoms with Crippen LogP contribution in [0.3, 0.4) is 0 Å². The van der Waals surface area contributed by atoms with Crippen LogP contribution in [0.15, 0.2) is 359 Å². The Morgan fingerprint density at radius 2 is 0.630 bits per heavy atom. The summed E-state index contributed by atoms with van der Waals surface area (Å²) in [7, 11) is 0. The molecule has 108 heavy (non-hydrogen) atoms. The number of pyridine rings is 2. The number of hydrogen-bond acceptors (Lipinski definition) is 10. The second-order valence-electron chi connectivity index (χ2n) is 26.9. The molecule has 0 spiro atoms. The normalized spacial score (nSPS) is 13.1. The number of nitrogens with one attached hydrogen (secondary N) is 2. The van der Waals surface area contributed by atoms with Crippen molar-refractivity contribution in [3.05, 3.63) is 362 Å². The number of nitriles is 2. The maximum atomic E-state index is 11.1. The summed E-state index contributed by atoms with van der Waals surface area (Å²) in [6.07, 6.45) is 3.73. The summed E-state index contributed by atoms with van der Waals surface area (Å²) < 4.78 is 13.0. The van der Waals surface area contributed by atoms with Crippen LogP contribution in [0, 0.1) is 22.7 Å². The Hall–Kier alpha value is -15.2. The minimum absolute atomic E-state index is 0.251. The minimum atomic E-state index is 0.251. The van der Waals surface area contributed by atoms with Crippen molar-refractivity contribution in [1.82, 2.24) is 9.97 Å². The summed E-state index contributed by atoms with van der Waals surface area (Å²) >= 11 is 0. The van der Waals surface area contributed by atoms with Gasteiger partial charge in [-0.15, -0.1) is 0 Å². The van der Waals surface area contributed by atoms with Gasteiger partial charge in [0.05, 0.1) is 11.1 Å². The molecule has 0 saturated heterocycles. The molecule has 4 aromatic heterocycles. The SMILES string of the molecule is N#C/C(=C(/C#N)c1ccc(N(c2ccc(-c3ccc(/N=C4\Nc5cccc6cccc4c56)nc3)cc2)c2ccc(-c3cccc4c3oc3ccccc34)cc2)cc1)c1ccc(N(c2ccc(-c3ccc(/N=C4\Nc5cccc6cccc4c56)nc3)cc2)c2ccc(-c3cccc4c3oc3ccccc34)cc2)cc1. The molecule has 14 aromatic carbocycles. The van der Waals surface area contributed by atoms with Crippen LogP contribution in [-0.2, 0) is 0 Å². The third-order valence-corrected chi connectivity index (χ3v) is 20.7. The van der Waals surface area contributed by atoms with Crippen LogP contribution in [0.4, 0.5) is 57.1 Å². The average molecular weight is 1380 g/mol. The van der Waals surface area contributed by atoms with Crippen molar-refractivity contribution in [3.8, 4) is 56.6 Å². The number of para-hydroxylation sites is 4. The molecule has 0 saturated carbocycles. The van der Waals surface area contributed by atoms with Crippen molar-refractivity contribution in [3.63, 3.8) is 0 Å². The predicted octanol–water partition coefficient (Wildman–Crippen LogP) is 25.2. The number of furan rings is 2. The molecule has 0 fully saturated rings. The summed E-state index contributed by atoms with van der Waals surface area (Å²) in [4.78, 5) is 23.9. The molecule has 2 aliphatic rings. The van der Waals surface area contributed by atoms with Gasteiger partial charge >= 0.3 is 0 Å². The highest BCUT2D eigenvalue weighted by Crippen LogP contribution is 2.45. The standard InChI is InChI=1S/C96H58N10O2/c97-55-83(63-35-49-73(50-36-63)105(71-45-31-61(32-46-71)75-17-9-19-79-77-15-1-3-25-87(77)107-93(75)79)69-41-27-59(28-42-69)67-39-53-89(99-57-67)103-95-81-21-5-11-65-13-7-23-85(101-95)91(65)81)84(56-98)64-37-51-74(52-38-64)106(72-47-33-62(34-48-72)76-18-10-20-80-78-16-2-4-26-88(78)108-94(76)80)70-43-29-60(30-44-70)68-40-54-90(100-58-68)104-96-82-22-6-12-66-14-8-24-86(102-96)92(66)82/h1-54,57-58H,(H,99,101,103)(H,100,102,104)/b84-83+. The number of amidine groups is 2. The van der Waals surface area contributed by atoms with E-state index in [9.17, 15) is 10.5 Å². The molecule has 6 heterocycles. The first-order valence-electron chi connectivity index (χ1n) is 35.7. The average Bonchev–Trinajstić information content (AvgIpc) is 1.76. The van der Waals surface area contributed by atoms with Gasteiger partial charge in [0.2, 0.25) is 0 Å². The van der Waals surface area contributed by atoms with Gasteiger partial charge in [-0.1, -0.05) is 206 Å². The zero-order valence-corrected chi connectivity index (χ0v) is 57.7. The first-order chi connectivity index (χ1) is 53.4. The van der Waals surface area contributed by atoms with Crippen LogP contribution in [0.5, 0.6) is 0 Å². The highest BCUT2D eigenvalue weighted by atomic mass is 16.3. The van der Waals surface area contributed by atoms with E-state index in [-0.39, 0.29) is 11.1 Å². The number of aliphatic imine (C=N–C) groups is 2. The zero-order valence-electron chi connectivity index (χ0n) is 57.7. The Morgan fingerprint density at radius 3 is 1.00 bits per heavy atom. The molecule has 0 unspecified atom stereocenters. The molecular weight excluding hydrogens is 1330 g/mol. The first kappa shape index (κ1) is 62.5. The predicted molar refractivity (Wildman–Crippen MR) is 440 cm³/mol. The number of allylic oxidation sites excluding steroid dienone is 2. The molecular formula is C96H58N10O2. The van der Waals surface area contributed by atoms with Gasteiger partial charge in [0.25, 0.3) is 0 Å². The second-order valence-corrected chi connectivity index (χ2v) is 26.9. The summed E-state index contributed by atoms with van der Waals surface area (Å²) in [6.45, 7) is 0. The highest BCUT2D eigenvalue weighted by Gasteiger charge is 2.24. The van der Waals surface area contributed by atoms with Gasteiger partial charge < -0.3 is 29.3 Å². The van der Waals surface area contributed by atoms with Crippen molar-refractivity contribution < 1.29 is 8.83 Å². The lowest BCUT2D eigenvalue weighted by Gasteiger charge is -2.26. The first-order valence-corrected chi connectivity index (χ1v) is 35.7. The molecule has 20 rings (SSSR count). The molecule has 0 atom stereocenters. The van der Waals surface area contributed by atoms with Crippen LogP contribution < -0.4 is 20.4 Å². The van der Waals surface area contributed by atoms with E-state index >= 15 is 0 Å². The number of aromatic nitrogens is 2.